The molecule has 0 atom stereocenters. The average Bonchev–Trinajstić information content (AvgIpc) is 2.08. The van der Waals surface area contributed by atoms with Gasteiger partial charge < -0.3 is 11.1 Å². The van der Waals surface area contributed by atoms with Crippen LogP contribution in [0, 0.1) is 0 Å². The molecule has 0 spiro atoms. The fourth-order valence-electron chi connectivity index (χ4n) is 1.17. The van der Waals surface area contributed by atoms with Gasteiger partial charge in [0, 0.05) is 11.6 Å². The van der Waals surface area contributed by atoms with Gasteiger partial charge in [0.2, 0.25) is 5.91 Å². The van der Waals surface area contributed by atoms with E-state index < -0.39 is 0 Å². The fraction of sp³-hybridized carbons (Fsp3) is 0.500. The van der Waals surface area contributed by atoms with E-state index in [1.807, 2.05) is 20.8 Å². The van der Waals surface area contributed by atoms with Gasteiger partial charge >= 0.3 is 0 Å². The number of aromatic nitrogens is 2. The molecule has 0 saturated heterocycles. The van der Waals surface area contributed by atoms with Crippen molar-refractivity contribution in [2.75, 3.05) is 5.73 Å². The quantitative estimate of drug-likeness (QED) is 0.724. The number of nitrogen functional groups attached to an aromatic ring is 1. The first-order chi connectivity index (χ1) is 7.28. The average molecular weight is 224 g/mol. The predicted molar refractivity (Wildman–Crippen MR) is 60.8 cm³/mol. The van der Waals surface area contributed by atoms with Crippen LogP contribution >= 0.6 is 0 Å². The zero-order valence-electron chi connectivity index (χ0n) is 9.65. The number of nitrogens with zero attached hydrogens (tertiary/aromatic N) is 2. The number of rotatable bonds is 2. The van der Waals surface area contributed by atoms with E-state index >= 15 is 0 Å². The van der Waals surface area contributed by atoms with Crippen molar-refractivity contribution in [3.05, 3.63) is 22.5 Å². The third kappa shape index (κ3) is 3.72. The van der Waals surface area contributed by atoms with Gasteiger partial charge in [0.05, 0.1) is 0 Å². The Kier molecular flexibility index (Phi) is 3.31. The summed E-state index contributed by atoms with van der Waals surface area (Å²) < 4.78 is 1.04. The molecule has 16 heavy (non-hydrogen) atoms. The predicted octanol–water partition coefficient (Wildman–Crippen LogP) is -0.260. The molecule has 1 aromatic heterocycles. The molecule has 0 saturated carbocycles. The van der Waals surface area contributed by atoms with Crippen molar-refractivity contribution in [2.45, 2.75) is 32.9 Å². The molecule has 1 heterocycles. The van der Waals surface area contributed by atoms with Crippen LogP contribution in [0.2, 0.25) is 0 Å². The number of amides is 1. The second-order valence-corrected chi connectivity index (χ2v) is 4.55. The Hall–Kier alpha value is -1.85. The lowest BCUT2D eigenvalue weighted by Crippen LogP contribution is -2.43. The molecular formula is C10H16N4O2. The van der Waals surface area contributed by atoms with Gasteiger partial charge in [-0.3, -0.25) is 9.59 Å². The lowest BCUT2D eigenvalue weighted by Gasteiger charge is -2.20. The Morgan fingerprint density at radius 2 is 2.12 bits per heavy atom. The zero-order chi connectivity index (χ0) is 12.3. The lowest BCUT2D eigenvalue weighted by molar-refractivity contribution is -0.123. The molecule has 0 aromatic carbocycles. The summed E-state index contributed by atoms with van der Waals surface area (Å²) in [5, 5.41) is 6.50. The van der Waals surface area contributed by atoms with E-state index in [2.05, 4.69) is 10.4 Å². The molecule has 6 heteroatoms. The van der Waals surface area contributed by atoms with E-state index in [1.165, 1.54) is 12.1 Å². The monoisotopic (exact) mass is 224 g/mol. The van der Waals surface area contributed by atoms with Crippen LogP contribution in [-0.4, -0.2) is 21.2 Å². The molecule has 1 rings (SSSR count). The number of nitrogens with one attached hydrogen (secondary N) is 1. The van der Waals surface area contributed by atoms with Crippen LogP contribution in [0.5, 0.6) is 0 Å². The van der Waals surface area contributed by atoms with Crippen molar-refractivity contribution >= 4 is 11.7 Å². The maximum absolute atomic E-state index is 11.5. The van der Waals surface area contributed by atoms with Crippen molar-refractivity contribution in [3.8, 4) is 0 Å². The highest BCUT2D eigenvalue weighted by Crippen LogP contribution is 1.98. The lowest BCUT2D eigenvalue weighted by atomic mass is 10.1. The van der Waals surface area contributed by atoms with E-state index in [9.17, 15) is 9.59 Å². The van der Waals surface area contributed by atoms with Crippen molar-refractivity contribution in [2.24, 2.45) is 0 Å². The normalized spacial score (nSPS) is 11.2. The van der Waals surface area contributed by atoms with Crippen molar-refractivity contribution in [3.63, 3.8) is 0 Å². The SMILES string of the molecule is CC(C)(C)NC(=O)Cn1nc(N)ccc1=O. The van der Waals surface area contributed by atoms with Gasteiger partial charge in [-0.15, -0.1) is 0 Å². The Bertz CT molecular complexity index is 445. The molecule has 0 radical (unpaired) electrons. The molecule has 3 N–H and O–H groups in total. The van der Waals surface area contributed by atoms with E-state index in [1.54, 1.807) is 0 Å². The summed E-state index contributed by atoms with van der Waals surface area (Å²) in [6.07, 6.45) is 0. The second-order valence-electron chi connectivity index (χ2n) is 4.55. The number of nitrogens with two attached hydrogens (primary N) is 1. The summed E-state index contributed by atoms with van der Waals surface area (Å²) in [4.78, 5) is 22.9. The summed E-state index contributed by atoms with van der Waals surface area (Å²) in [6.45, 7) is 5.46. The number of carbonyl (C=O) groups excluding carboxylic acids is 1. The van der Waals surface area contributed by atoms with Crippen molar-refractivity contribution in [1.29, 1.82) is 0 Å². The summed E-state index contributed by atoms with van der Waals surface area (Å²) in [6, 6.07) is 2.69. The summed E-state index contributed by atoms with van der Waals surface area (Å²) in [7, 11) is 0. The Labute approximate surface area is 93.5 Å². The third-order valence-corrected chi connectivity index (χ3v) is 1.70. The molecule has 1 aromatic rings. The van der Waals surface area contributed by atoms with Crippen LogP contribution in [0.15, 0.2) is 16.9 Å². The minimum atomic E-state index is -0.349. The summed E-state index contributed by atoms with van der Waals surface area (Å²) in [5.74, 6) is -0.0594. The van der Waals surface area contributed by atoms with Crippen molar-refractivity contribution < 1.29 is 4.79 Å². The number of hydrogen-bond donors (Lipinski definition) is 2. The third-order valence-electron chi connectivity index (χ3n) is 1.70. The highest BCUT2D eigenvalue weighted by Gasteiger charge is 2.14. The standard InChI is InChI=1S/C10H16N4O2/c1-10(2,3)12-8(15)6-14-9(16)5-4-7(11)13-14/h4-5H,6H2,1-3H3,(H2,11,13)(H,12,15). The topological polar surface area (TPSA) is 90.0 Å². The van der Waals surface area contributed by atoms with E-state index in [0.29, 0.717) is 0 Å². The van der Waals surface area contributed by atoms with Gasteiger partial charge in [-0.1, -0.05) is 0 Å². The maximum atomic E-state index is 11.5. The summed E-state index contributed by atoms with van der Waals surface area (Å²) in [5.41, 5.74) is 4.75. The fourth-order valence-corrected chi connectivity index (χ4v) is 1.17. The van der Waals surface area contributed by atoms with E-state index in [4.69, 9.17) is 5.73 Å². The Morgan fingerprint density at radius 1 is 1.50 bits per heavy atom. The van der Waals surface area contributed by atoms with Crippen LogP contribution in [0.1, 0.15) is 20.8 Å². The highest BCUT2D eigenvalue weighted by molar-refractivity contribution is 5.76. The van der Waals surface area contributed by atoms with Crippen LogP contribution < -0.4 is 16.6 Å². The number of hydrogen-bond acceptors (Lipinski definition) is 4. The largest absolute Gasteiger partial charge is 0.382 e. The van der Waals surface area contributed by atoms with Gasteiger partial charge in [0.15, 0.2) is 0 Å². The highest BCUT2D eigenvalue weighted by atomic mass is 16.2. The van der Waals surface area contributed by atoms with Gasteiger partial charge in [0.25, 0.3) is 5.56 Å². The zero-order valence-corrected chi connectivity index (χ0v) is 9.65. The molecular weight excluding hydrogens is 208 g/mol. The van der Waals surface area contributed by atoms with E-state index in [0.717, 1.165) is 4.68 Å². The molecule has 0 unspecified atom stereocenters. The smallest absolute Gasteiger partial charge is 0.267 e. The molecule has 6 nitrogen and oxygen atoms in total. The molecule has 0 aliphatic carbocycles. The van der Waals surface area contributed by atoms with Crippen LogP contribution in [0.25, 0.3) is 0 Å². The van der Waals surface area contributed by atoms with Gasteiger partial charge in [0.1, 0.15) is 12.4 Å². The van der Waals surface area contributed by atoms with Gasteiger partial charge in [-0.25, -0.2) is 4.68 Å². The Morgan fingerprint density at radius 3 is 2.69 bits per heavy atom. The minimum Gasteiger partial charge on any atom is -0.382 e. The first-order valence-corrected chi connectivity index (χ1v) is 4.92. The first kappa shape index (κ1) is 12.2. The number of carbonyl (C=O) groups is 1. The van der Waals surface area contributed by atoms with Crippen LogP contribution in [0.4, 0.5) is 5.82 Å². The van der Waals surface area contributed by atoms with E-state index in [-0.39, 0.29) is 29.4 Å². The Balaban J connectivity index is 2.77. The second kappa shape index (κ2) is 4.34. The van der Waals surface area contributed by atoms with Gasteiger partial charge in [-0.2, -0.15) is 5.10 Å². The minimum absolute atomic E-state index is 0.124. The molecule has 0 fully saturated rings. The summed E-state index contributed by atoms with van der Waals surface area (Å²) >= 11 is 0. The van der Waals surface area contributed by atoms with Gasteiger partial charge in [-0.05, 0) is 26.8 Å². The van der Waals surface area contributed by atoms with Crippen LogP contribution in [-0.2, 0) is 11.3 Å². The molecule has 88 valence electrons. The first-order valence-electron chi connectivity index (χ1n) is 4.92. The number of anilines is 1. The molecule has 0 aliphatic heterocycles. The van der Waals surface area contributed by atoms with Crippen molar-refractivity contribution in [1.82, 2.24) is 15.1 Å². The maximum Gasteiger partial charge on any atom is 0.267 e. The molecule has 0 aliphatic rings. The molecule has 1 amide bonds. The molecule has 0 bridgehead atoms. The van der Waals surface area contributed by atoms with Crippen LogP contribution in [0.3, 0.4) is 0 Å².